The van der Waals surface area contributed by atoms with Crippen molar-refractivity contribution in [1.82, 2.24) is 25.3 Å². The normalized spacial score (nSPS) is 10.6. The van der Waals surface area contributed by atoms with Gasteiger partial charge in [0, 0.05) is 13.2 Å². The van der Waals surface area contributed by atoms with Gasteiger partial charge in [-0.05, 0) is 12.5 Å². The van der Waals surface area contributed by atoms with Gasteiger partial charge in [0.2, 0.25) is 0 Å². The van der Waals surface area contributed by atoms with Gasteiger partial charge in [-0.25, -0.2) is 0 Å². The molecule has 0 aromatic carbocycles. The fourth-order valence-electron chi connectivity index (χ4n) is 1.81. The lowest BCUT2D eigenvalue weighted by molar-refractivity contribution is 0.0946. The number of hydrogen-bond donors (Lipinski definition) is 3. The molecule has 7 nitrogen and oxygen atoms in total. The van der Waals surface area contributed by atoms with Crippen molar-refractivity contribution in [2.75, 3.05) is 5.73 Å². The van der Waals surface area contributed by atoms with Crippen LogP contribution in [-0.2, 0) is 20.0 Å². The van der Waals surface area contributed by atoms with Crippen LogP contribution in [0.5, 0.6) is 0 Å². The molecule has 0 spiro atoms. The zero-order chi connectivity index (χ0) is 13.8. The van der Waals surface area contributed by atoms with Crippen LogP contribution in [0.25, 0.3) is 0 Å². The van der Waals surface area contributed by atoms with Crippen LogP contribution in [0.4, 0.5) is 5.69 Å². The number of aromatic amines is 1. The average Bonchev–Trinajstić information content (AvgIpc) is 2.95. The van der Waals surface area contributed by atoms with Gasteiger partial charge < -0.3 is 11.1 Å². The predicted octanol–water partition coefficient (Wildman–Crippen LogP) is 0.608. The number of carbonyl (C=O) groups is 1. The number of aromatic nitrogens is 4. The predicted molar refractivity (Wildman–Crippen MR) is 71.4 cm³/mol. The number of H-pyrrole nitrogens is 1. The van der Waals surface area contributed by atoms with Gasteiger partial charge in [-0.15, -0.1) is 0 Å². The van der Waals surface area contributed by atoms with Crippen LogP contribution in [0.15, 0.2) is 12.3 Å². The Morgan fingerprint density at radius 3 is 3.00 bits per heavy atom. The second kappa shape index (κ2) is 5.55. The quantitative estimate of drug-likeness (QED) is 0.734. The number of nitrogens with zero attached hydrogens (tertiary/aromatic N) is 3. The third-order valence-corrected chi connectivity index (χ3v) is 2.80. The second-order valence-corrected chi connectivity index (χ2v) is 4.38. The third kappa shape index (κ3) is 2.93. The maximum atomic E-state index is 12.0. The molecule has 0 saturated heterocycles. The van der Waals surface area contributed by atoms with E-state index in [1.165, 1.54) is 0 Å². The minimum Gasteiger partial charge on any atom is -0.395 e. The molecule has 0 aliphatic rings. The van der Waals surface area contributed by atoms with Crippen LogP contribution >= 0.6 is 0 Å². The van der Waals surface area contributed by atoms with Gasteiger partial charge in [0.05, 0.1) is 23.6 Å². The molecule has 2 aromatic rings. The fraction of sp³-hybridized carbons (Fsp3) is 0.417. The first-order valence-electron chi connectivity index (χ1n) is 6.21. The number of anilines is 1. The number of carbonyl (C=O) groups excluding carboxylic acids is 1. The highest BCUT2D eigenvalue weighted by Crippen LogP contribution is 2.15. The Morgan fingerprint density at radius 2 is 2.37 bits per heavy atom. The molecule has 0 fully saturated rings. The summed E-state index contributed by atoms with van der Waals surface area (Å²) in [6, 6.07) is 1.84. The number of aryl methyl sites for hydroxylation is 2. The average molecular weight is 262 g/mol. The molecule has 19 heavy (non-hydrogen) atoms. The van der Waals surface area contributed by atoms with E-state index in [1.54, 1.807) is 4.68 Å². The van der Waals surface area contributed by atoms with Crippen molar-refractivity contribution in [1.29, 1.82) is 0 Å². The van der Waals surface area contributed by atoms with Crippen molar-refractivity contribution >= 4 is 11.6 Å². The fourth-order valence-corrected chi connectivity index (χ4v) is 1.81. The number of rotatable bonds is 5. The molecule has 0 saturated carbocycles. The summed E-state index contributed by atoms with van der Waals surface area (Å²) in [7, 11) is 1.83. The highest BCUT2D eigenvalue weighted by molar-refractivity contribution is 5.97. The summed E-state index contributed by atoms with van der Waals surface area (Å²) in [5.41, 5.74) is 8.17. The summed E-state index contributed by atoms with van der Waals surface area (Å²) < 4.78 is 1.68. The van der Waals surface area contributed by atoms with Gasteiger partial charge in [-0.2, -0.15) is 10.2 Å². The molecule has 0 radical (unpaired) electrons. The van der Waals surface area contributed by atoms with Crippen molar-refractivity contribution in [2.45, 2.75) is 26.3 Å². The molecular formula is C12H18N6O. The van der Waals surface area contributed by atoms with Crippen molar-refractivity contribution in [2.24, 2.45) is 7.05 Å². The summed E-state index contributed by atoms with van der Waals surface area (Å²) in [5, 5.41) is 13.7. The molecule has 1 amide bonds. The summed E-state index contributed by atoms with van der Waals surface area (Å²) in [6.07, 6.45) is 3.55. The minimum absolute atomic E-state index is 0.249. The summed E-state index contributed by atoms with van der Waals surface area (Å²) >= 11 is 0. The number of nitrogens with two attached hydrogens (primary N) is 1. The van der Waals surface area contributed by atoms with E-state index in [0.29, 0.717) is 12.2 Å². The van der Waals surface area contributed by atoms with Crippen molar-refractivity contribution in [3.05, 3.63) is 29.3 Å². The zero-order valence-corrected chi connectivity index (χ0v) is 11.1. The summed E-state index contributed by atoms with van der Waals surface area (Å²) in [4.78, 5) is 12.0. The number of hydrogen-bond acceptors (Lipinski definition) is 4. The molecular weight excluding hydrogens is 244 g/mol. The Hall–Kier alpha value is -2.31. The number of amides is 1. The van der Waals surface area contributed by atoms with Crippen LogP contribution < -0.4 is 11.1 Å². The van der Waals surface area contributed by atoms with E-state index in [2.05, 4.69) is 20.6 Å². The molecule has 0 atom stereocenters. The second-order valence-electron chi connectivity index (χ2n) is 4.38. The largest absolute Gasteiger partial charge is 0.395 e. The summed E-state index contributed by atoms with van der Waals surface area (Å²) in [6.45, 7) is 2.40. The minimum atomic E-state index is -0.290. The highest BCUT2D eigenvalue weighted by Gasteiger charge is 2.16. The molecule has 2 heterocycles. The monoisotopic (exact) mass is 262 g/mol. The molecule has 7 heteroatoms. The summed E-state index contributed by atoms with van der Waals surface area (Å²) in [5.74, 6) is -0.290. The molecule has 0 unspecified atom stereocenters. The first kappa shape index (κ1) is 13.1. The van der Waals surface area contributed by atoms with E-state index >= 15 is 0 Å². The van der Waals surface area contributed by atoms with E-state index in [-0.39, 0.29) is 11.6 Å². The number of nitrogens with one attached hydrogen (secondary N) is 2. The lowest BCUT2D eigenvalue weighted by Crippen LogP contribution is -2.24. The molecule has 0 aliphatic carbocycles. The standard InChI is InChI=1S/C12H18N6O/c1-3-4-9-10(13)11(16-15-9)12(19)14-7-8-5-6-18(2)17-8/h5-6H,3-4,7,13H2,1-2H3,(H,14,19)(H,15,16). The maximum absolute atomic E-state index is 12.0. The van der Waals surface area contributed by atoms with Crippen LogP contribution in [0.2, 0.25) is 0 Å². The SMILES string of the molecule is CCCc1[nH]nc(C(=O)NCc2ccn(C)n2)c1N. The van der Waals surface area contributed by atoms with Crippen molar-refractivity contribution < 1.29 is 4.79 Å². The molecule has 2 rings (SSSR count). The van der Waals surface area contributed by atoms with Crippen molar-refractivity contribution in [3.8, 4) is 0 Å². The van der Waals surface area contributed by atoms with E-state index in [9.17, 15) is 4.79 Å². The Morgan fingerprint density at radius 1 is 1.58 bits per heavy atom. The van der Waals surface area contributed by atoms with Gasteiger partial charge >= 0.3 is 0 Å². The number of nitrogen functional groups attached to an aromatic ring is 1. The molecule has 2 aromatic heterocycles. The van der Waals surface area contributed by atoms with E-state index in [4.69, 9.17) is 5.73 Å². The Bertz CT molecular complexity index is 571. The molecule has 102 valence electrons. The van der Waals surface area contributed by atoms with Gasteiger partial charge in [0.25, 0.3) is 5.91 Å². The third-order valence-electron chi connectivity index (χ3n) is 2.80. The maximum Gasteiger partial charge on any atom is 0.274 e. The van der Waals surface area contributed by atoms with E-state index in [0.717, 1.165) is 24.2 Å². The van der Waals surface area contributed by atoms with Crippen LogP contribution in [-0.4, -0.2) is 25.9 Å². The van der Waals surface area contributed by atoms with Crippen LogP contribution in [0.1, 0.15) is 35.2 Å². The van der Waals surface area contributed by atoms with Crippen LogP contribution in [0, 0.1) is 0 Å². The van der Waals surface area contributed by atoms with Gasteiger partial charge in [-0.1, -0.05) is 13.3 Å². The first-order valence-corrected chi connectivity index (χ1v) is 6.21. The molecule has 0 aliphatic heterocycles. The smallest absolute Gasteiger partial charge is 0.274 e. The Kier molecular flexibility index (Phi) is 3.84. The van der Waals surface area contributed by atoms with Crippen molar-refractivity contribution in [3.63, 3.8) is 0 Å². The topological polar surface area (TPSA) is 102 Å². The lowest BCUT2D eigenvalue weighted by Gasteiger charge is -2.01. The van der Waals surface area contributed by atoms with E-state index < -0.39 is 0 Å². The first-order chi connectivity index (χ1) is 9.11. The Labute approximate surface area is 111 Å². The zero-order valence-electron chi connectivity index (χ0n) is 11.1. The van der Waals surface area contributed by atoms with Gasteiger partial charge in [-0.3, -0.25) is 14.6 Å². The van der Waals surface area contributed by atoms with Gasteiger partial charge in [0.15, 0.2) is 5.69 Å². The highest BCUT2D eigenvalue weighted by atomic mass is 16.1. The molecule has 0 bridgehead atoms. The molecule has 4 N–H and O–H groups in total. The van der Waals surface area contributed by atoms with Crippen LogP contribution in [0.3, 0.4) is 0 Å². The van der Waals surface area contributed by atoms with E-state index in [1.807, 2.05) is 26.2 Å². The Balaban J connectivity index is 2.00. The lowest BCUT2D eigenvalue weighted by atomic mass is 10.2. The van der Waals surface area contributed by atoms with Gasteiger partial charge in [0.1, 0.15) is 0 Å².